The van der Waals surface area contributed by atoms with Crippen LogP contribution in [0.15, 0.2) is 34.9 Å². The minimum atomic E-state index is -0.614. The zero-order chi connectivity index (χ0) is 13.1. The van der Waals surface area contributed by atoms with Crippen LogP contribution in [0, 0.1) is 22.2 Å². The Morgan fingerprint density at radius 2 is 2.06 bits per heavy atom. The van der Waals surface area contributed by atoms with E-state index >= 15 is 0 Å². The molecule has 6 nitrogen and oxygen atoms in total. The predicted octanol–water partition coefficient (Wildman–Crippen LogP) is 2.30. The quantitative estimate of drug-likeness (QED) is 0.360. The van der Waals surface area contributed by atoms with Crippen molar-refractivity contribution in [3.8, 4) is 0 Å². The first-order chi connectivity index (χ1) is 8.56. The van der Waals surface area contributed by atoms with Crippen LogP contribution in [0.2, 0.25) is 0 Å². The van der Waals surface area contributed by atoms with Gasteiger partial charge in [-0.1, -0.05) is 0 Å². The SMILES string of the molecule is Cc1ccc(C=Cc2ccc([N+](=O)[O-])o2)[n+]([O-])c1. The highest BCUT2D eigenvalue weighted by molar-refractivity contribution is 5.64. The molecule has 0 N–H and O–H groups in total. The molecule has 2 heterocycles. The molecule has 0 radical (unpaired) electrons. The Kier molecular flexibility index (Phi) is 3.09. The average Bonchev–Trinajstić information content (AvgIpc) is 2.76. The standard InChI is InChI=1S/C12H10N2O4/c1-9-2-3-10(13(15)8-9)4-5-11-6-7-12(18-11)14(16)17/h2-8H,1H3. The van der Waals surface area contributed by atoms with E-state index in [2.05, 4.69) is 0 Å². The van der Waals surface area contributed by atoms with Crippen LogP contribution in [0.4, 0.5) is 5.88 Å². The summed E-state index contributed by atoms with van der Waals surface area (Å²) >= 11 is 0. The van der Waals surface area contributed by atoms with E-state index in [1.54, 1.807) is 12.1 Å². The molecule has 18 heavy (non-hydrogen) atoms. The first-order valence-electron chi connectivity index (χ1n) is 5.18. The molecule has 2 rings (SSSR count). The fourth-order valence-corrected chi connectivity index (χ4v) is 1.42. The van der Waals surface area contributed by atoms with Gasteiger partial charge in [-0.2, -0.15) is 4.73 Å². The minimum absolute atomic E-state index is 0.322. The third-order valence-electron chi connectivity index (χ3n) is 2.30. The largest absolute Gasteiger partial charge is 0.618 e. The van der Waals surface area contributed by atoms with Crippen molar-refractivity contribution in [2.24, 2.45) is 0 Å². The van der Waals surface area contributed by atoms with Crippen molar-refractivity contribution < 1.29 is 14.1 Å². The van der Waals surface area contributed by atoms with Crippen LogP contribution in [0.25, 0.3) is 12.2 Å². The van der Waals surface area contributed by atoms with E-state index in [1.807, 2.05) is 6.92 Å². The van der Waals surface area contributed by atoms with Gasteiger partial charge >= 0.3 is 5.88 Å². The van der Waals surface area contributed by atoms with Gasteiger partial charge in [-0.05, 0) is 25.1 Å². The average molecular weight is 246 g/mol. The van der Waals surface area contributed by atoms with Gasteiger partial charge in [-0.3, -0.25) is 10.1 Å². The third kappa shape index (κ3) is 2.54. The Labute approximate surface area is 103 Å². The van der Waals surface area contributed by atoms with E-state index in [1.165, 1.54) is 30.5 Å². The van der Waals surface area contributed by atoms with Crippen LogP contribution in [-0.4, -0.2) is 4.92 Å². The van der Waals surface area contributed by atoms with Gasteiger partial charge in [0.15, 0.2) is 6.20 Å². The molecule has 0 saturated heterocycles. The second-order valence-corrected chi connectivity index (χ2v) is 3.72. The van der Waals surface area contributed by atoms with Crippen LogP contribution in [0.3, 0.4) is 0 Å². The highest BCUT2D eigenvalue weighted by Crippen LogP contribution is 2.17. The van der Waals surface area contributed by atoms with Crippen LogP contribution < -0.4 is 4.73 Å². The first kappa shape index (κ1) is 11.8. The number of hydrogen-bond donors (Lipinski definition) is 0. The third-order valence-corrected chi connectivity index (χ3v) is 2.30. The van der Waals surface area contributed by atoms with E-state index in [0.29, 0.717) is 11.5 Å². The molecular formula is C12H10N2O4. The van der Waals surface area contributed by atoms with Gasteiger partial charge in [0.1, 0.15) is 10.7 Å². The molecule has 0 atom stereocenters. The molecule has 0 spiro atoms. The highest BCUT2D eigenvalue weighted by Gasteiger charge is 2.10. The maximum absolute atomic E-state index is 11.5. The zero-order valence-electron chi connectivity index (χ0n) is 9.57. The summed E-state index contributed by atoms with van der Waals surface area (Å²) in [6, 6.07) is 6.20. The Morgan fingerprint density at radius 1 is 1.28 bits per heavy atom. The van der Waals surface area contributed by atoms with Crippen LogP contribution in [0.1, 0.15) is 17.0 Å². The molecule has 0 fully saturated rings. The summed E-state index contributed by atoms with van der Waals surface area (Å²) < 4.78 is 5.66. The van der Waals surface area contributed by atoms with Gasteiger partial charge in [0.25, 0.3) is 0 Å². The molecule has 6 heteroatoms. The number of rotatable bonds is 3. The lowest BCUT2D eigenvalue weighted by Gasteiger charge is -2.00. The second kappa shape index (κ2) is 4.70. The first-order valence-corrected chi connectivity index (χ1v) is 5.18. The van der Waals surface area contributed by atoms with Crippen molar-refractivity contribution in [3.05, 3.63) is 62.8 Å². The molecule has 0 saturated carbocycles. The van der Waals surface area contributed by atoms with Gasteiger partial charge in [0, 0.05) is 17.7 Å². The molecule has 0 amide bonds. The summed E-state index contributed by atoms with van der Waals surface area (Å²) in [4.78, 5) is 9.80. The van der Waals surface area contributed by atoms with Crippen LogP contribution >= 0.6 is 0 Å². The molecule has 0 aromatic carbocycles. The number of nitrogens with zero attached hydrogens (tertiary/aromatic N) is 2. The summed E-state index contributed by atoms with van der Waals surface area (Å²) in [6.07, 6.45) is 4.49. The molecule has 2 aromatic rings. The maximum atomic E-state index is 11.5. The van der Waals surface area contributed by atoms with Gasteiger partial charge in [-0.25, -0.2) is 0 Å². The number of furan rings is 1. The van der Waals surface area contributed by atoms with Gasteiger partial charge in [-0.15, -0.1) is 0 Å². The number of aromatic nitrogens is 1. The Bertz CT molecular complexity index is 616. The van der Waals surface area contributed by atoms with E-state index in [0.717, 1.165) is 10.3 Å². The molecule has 0 unspecified atom stereocenters. The minimum Gasteiger partial charge on any atom is -0.618 e. The maximum Gasteiger partial charge on any atom is 0.433 e. The summed E-state index contributed by atoms with van der Waals surface area (Å²) in [5.41, 5.74) is 1.29. The van der Waals surface area contributed by atoms with Crippen LogP contribution in [0.5, 0.6) is 0 Å². The second-order valence-electron chi connectivity index (χ2n) is 3.72. The van der Waals surface area contributed by atoms with E-state index in [9.17, 15) is 15.3 Å². The number of aryl methyl sites for hydroxylation is 1. The fraction of sp³-hybridized carbons (Fsp3) is 0.0833. The summed E-state index contributed by atoms with van der Waals surface area (Å²) in [7, 11) is 0. The molecule has 2 aromatic heterocycles. The molecular weight excluding hydrogens is 236 g/mol. The molecule has 0 aliphatic carbocycles. The molecule has 0 aliphatic rings. The van der Waals surface area contributed by atoms with E-state index < -0.39 is 4.92 Å². The monoisotopic (exact) mass is 246 g/mol. The summed E-state index contributed by atoms with van der Waals surface area (Å²) in [5.74, 6) is -0.00386. The Morgan fingerprint density at radius 3 is 2.67 bits per heavy atom. The van der Waals surface area contributed by atoms with Gasteiger partial charge in [0.2, 0.25) is 5.69 Å². The molecule has 0 aliphatic heterocycles. The van der Waals surface area contributed by atoms with Gasteiger partial charge < -0.3 is 9.62 Å². The normalized spacial score (nSPS) is 10.9. The number of pyridine rings is 1. The van der Waals surface area contributed by atoms with Crippen molar-refractivity contribution in [2.75, 3.05) is 0 Å². The molecule has 0 bridgehead atoms. The Hall–Kier alpha value is -2.63. The lowest BCUT2D eigenvalue weighted by Crippen LogP contribution is -2.29. The fourth-order valence-electron chi connectivity index (χ4n) is 1.42. The number of hydrogen-bond acceptors (Lipinski definition) is 4. The van der Waals surface area contributed by atoms with Crippen molar-refractivity contribution in [1.29, 1.82) is 0 Å². The Balaban J connectivity index is 2.21. The van der Waals surface area contributed by atoms with Crippen LogP contribution in [-0.2, 0) is 0 Å². The van der Waals surface area contributed by atoms with E-state index in [-0.39, 0.29) is 5.88 Å². The molecule has 92 valence electrons. The van der Waals surface area contributed by atoms with Crippen molar-refractivity contribution in [3.63, 3.8) is 0 Å². The van der Waals surface area contributed by atoms with E-state index in [4.69, 9.17) is 4.42 Å². The predicted molar refractivity (Wildman–Crippen MR) is 64.4 cm³/mol. The number of nitro groups is 1. The summed E-state index contributed by atoms with van der Waals surface area (Å²) in [6.45, 7) is 1.82. The smallest absolute Gasteiger partial charge is 0.433 e. The summed E-state index contributed by atoms with van der Waals surface area (Å²) in [5, 5.41) is 21.9. The zero-order valence-corrected chi connectivity index (χ0v) is 9.57. The van der Waals surface area contributed by atoms with Gasteiger partial charge in [0.05, 0.1) is 6.07 Å². The van der Waals surface area contributed by atoms with Crippen molar-refractivity contribution in [2.45, 2.75) is 6.92 Å². The lowest BCUT2D eigenvalue weighted by atomic mass is 10.2. The highest BCUT2D eigenvalue weighted by atomic mass is 16.6. The van der Waals surface area contributed by atoms with Crippen molar-refractivity contribution >= 4 is 18.0 Å². The van der Waals surface area contributed by atoms with Crippen molar-refractivity contribution in [1.82, 2.24) is 0 Å². The topological polar surface area (TPSA) is 83.2 Å². The lowest BCUT2D eigenvalue weighted by molar-refractivity contribution is -0.607.